The molecule has 0 bridgehead atoms. The van der Waals surface area contributed by atoms with E-state index in [1.165, 1.54) is 38.5 Å². The normalized spacial score (nSPS) is 43.7. The van der Waals surface area contributed by atoms with Crippen LogP contribution < -0.4 is 5.32 Å². The number of rotatable bonds is 5. The molecule has 0 unspecified atom stereocenters. The molecule has 0 aromatic rings. The zero-order valence-electron chi connectivity index (χ0n) is 19.3. The molecular weight excluding hydrogens is 370 g/mol. The number of hydrogen-bond acceptors (Lipinski definition) is 2. The number of carbonyl (C=O) groups is 2. The highest BCUT2D eigenvalue weighted by Gasteiger charge is 2.60. The summed E-state index contributed by atoms with van der Waals surface area (Å²) in [6, 6.07) is 0. The summed E-state index contributed by atoms with van der Waals surface area (Å²) in [6.45, 7) is 7.83. The van der Waals surface area contributed by atoms with Gasteiger partial charge in [0.15, 0.2) is 0 Å². The number of terminal acetylenes is 1. The lowest BCUT2D eigenvalue weighted by molar-refractivity contribution is -0.140. The first-order valence-electron chi connectivity index (χ1n) is 12.5. The minimum absolute atomic E-state index is 0.0984. The summed E-state index contributed by atoms with van der Waals surface area (Å²) >= 11 is 0. The maximum absolute atomic E-state index is 12.1. The number of hydrogen-bond donors (Lipinski definition) is 1. The van der Waals surface area contributed by atoms with Gasteiger partial charge in [0.25, 0.3) is 0 Å². The quantitative estimate of drug-likeness (QED) is 0.617. The van der Waals surface area contributed by atoms with Gasteiger partial charge in [0.2, 0.25) is 5.91 Å². The number of nitrogens with one attached hydrogen (secondary N) is 1. The van der Waals surface area contributed by atoms with Crippen LogP contribution in [0.15, 0.2) is 0 Å². The summed E-state index contributed by atoms with van der Waals surface area (Å²) in [5.74, 6) is 7.59. The van der Waals surface area contributed by atoms with Crippen molar-refractivity contribution < 1.29 is 9.59 Å². The summed E-state index contributed by atoms with van der Waals surface area (Å²) in [5, 5.41) is 2.82. The Morgan fingerprint density at radius 2 is 1.90 bits per heavy atom. The van der Waals surface area contributed by atoms with Crippen molar-refractivity contribution in [1.82, 2.24) is 5.32 Å². The van der Waals surface area contributed by atoms with Crippen molar-refractivity contribution in [2.75, 3.05) is 6.54 Å². The van der Waals surface area contributed by atoms with Crippen molar-refractivity contribution in [2.45, 2.75) is 91.4 Å². The van der Waals surface area contributed by atoms with Gasteiger partial charge in [-0.05, 0) is 97.7 Å². The van der Waals surface area contributed by atoms with Crippen molar-refractivity contribution in [3.05, 3.63) is 0 Å². The predicted molar refractivity (Wildman–Crippen MR) is 120 cm³/mol. The molecule has 1 amide bonds. The second kappa shape index (κ2) is 8.33. The third-order valence-corrected chi connectivity index (χ3v) is 10.5. The molecule has 1 N–H and O–H groups in total. The third kappa shape index (κ3) is 3.63. The van der Waals surface area contributed by atoms with E-state index < -0.39 is 0 Å². The van der Waals surface area contributed by atoms with Gasteiger partial charge in [-0.15, -0.1) is 6.42 Å². The fourth-order valence-electron chi connectivity index (χ4n) is 8.82. The van der Waals surface area contributed by atoms with Gasteiger partial charge in [0.05, 0.1) is 6.54 Å². The van der Waals surface area contributed by atoms with E-state index in [0.29, 0.717) is 41.4 Å². The fourth-order valence-corrected chi connectivity index (χ4v) is 8.82. The minimum Gasteiger partial charge on any atom is -0.345 e. The van der Waals surface area contributed by atoms with Crippen LogP contribution in [0.1, 0.15) is 91.4 Å². The molecule has 0 aromatic heterocycles. The van der Waals surface area contributed by atoms with E-state index in [9.17, 15) is 9.59 Å². The molecule has 0 spiro atoms. The largest absolute Gasteiger partial charge is 0.345 e. The number of fused-ring (bicyclic) bond motifs is 5. The molecule has 4 fully saturated rings. The summed E-state index contributed by atoms with van der Waals surface area (Å²) in [5.41, 5.74) is 0.834. The highest BCUT2D eigenvalue weighted by Crippen LogP contribution is 2.68. The Bertz CT molecular complexity index is 723. The third-order valence-electron chi connectivity index (χ3n) is 10.5. The minimum atomic E-state index is 0.0984. The van der Waals surface area contributed by atoms with Crippen LogP contribution in [0, 0.1) is 58.7 Å². The number of carbonyl (C=O) groups excluding carboxylic acids is 2. The van der Waals surface area contributed by atoms with E-state index >= 15 is 0 Å². The molecule has 3 heteroatoms. The molecule has 3 nitrogen and oxygen atoms in total. The number of ketones is 1. The second-order valence-corrected chi connectivity index (χ2v) is 11.6. The molecule has 4 rings (SSSR count). The Morgan fingerprint density at radius 1 is 1.13 bits per heavy atom. The lowest BCUT2D eigenvalue weighted by Crippen LogP contribution is -2.53. The average Bonchev–Trinajstić information content (AvgIpc) is 3.08. The molecule has 4 aliphatic rings. The topological polar surface area (TPSA) is 46.2 Å². The second-order valence-electron chi connectivity index (χ2n) is 11.6. The molecule has 8 atom stereocenters. The van der Waals surface area contributed by atoms with Gasteiger partial charge in [0, 0.05) is 19.3 Å². The monoisotopic (exact) mass is 411 g/mol. The first-order chi connectivity index (χ1) is 14.3. The van der Waals surface area contributed by atoms with Gasteiger partial charge in [-0.3, -0.25) is 9.59 Å². The lowest BCUT2D eigenvalue weighted by atomic mass is 9.44. The summed E-state index contributed by atoms with van der Waals surface area (Å²) in [7, 11) is 0. The molecule has 4 saturated carbocycles. The zero-order chi connectivity index (χ0) is 21.5. The maximum Gasteiger partial charge on any atom is 0.220 e. The van der Waals surface area contributed by atoms with Crippen molar-refractivity contribution >= 4 is 11.7 Å². The zero-order valence-corrected chi connectivity index (χ0v) is 19.3. The van der Waals surface area contributed by atoms with Gasteiger partial charge in [-0.1, -0.05) is 26.7 Å². The standard InChI is InChI=1S/C27H41NO2/c1-5-16-28-25(30)11-6-18(2)22-9-10-23-21-8-7-19-17-20(29)12-14-26(19,3)24(21)13-15-27(22,23)4/h1,18-19,21-24H,6-17H2,2-4H3,(H,28,30)/t18-,19-,21+,22-,23+,24+,26+,27-/m1/s1. The lowest BCUT2D eigenvalue weighted by Gasteiger charge is -2.60. The smallest absolute Gasteiger partial charge is 0.220 e. The Morgan fingerprint density at radius 3 is 2.67 bits per heavy atom. The van der Waals surface area contributed by atoms with Gasteiger partial charge in [0.1, 0.15) is 5.78 Å². The Balaban J connectivity index is 1.43. The van der Waals surface area contributed by atoms with Crippen LogP contribution in [0.25, 0.3) is 0 Å². The molecule has 30 heavy (non-hydrogen) atoms. The molecular formula is C27H41NO2. The SMILES string of the molecule is C#CCNC(=O)CC[C@@H](C)[C@H]1CC[C@H]2[C@@H]3CC[C@@H]4CC(=O)CC[C@]4(C)[C@H]3CC[C@]12C. The van der Waals surface area contributed by atoms with Crippen LogP contribution >= 0.6 is 0 Å². The van der Waals surface area contributed by atoms with Crippen LogP contribution in [0.4, 0.5) is 0 Å². The van der Waals surface area contributed by atoms with E-state index in [2.05, 4.69) is 32.0 Å². The number of amides is 1. The molecule has 0 radical (unpaired) electrons. The van der Waals surface area contributed by atoms with Crippen molar-refractivity contribution in [3.63, 3.8) is 0 Å². The molecule has 0 aromatic carbocycles. The first kappa shape index (κ1) is 21.9. The van der Waals surface area contributed by atoms with E-state index in [1.54, 1.807) is 0 Å². The Hall–Kier alpha value is -1.30. The fraction of sp³-hybridized carbons (Fsp3) is 0.852. The van der Waals surface area contributed by atoms with Gasteiger partial charge in [-0.25, -0.2) is 0 Å². The summed E-state index contributed by atoms with van der Waals surface area (Å²) in [4.78, 5) is 24.1. The van der Waals surface area contributed by atoms with Crippen LogP contribution in [0.2, 0.25) is 0 Å². The van der Waals surface area contributed by atoms with E-state index in [1.807, 2.05) is 0 Å². The molecule has 0 heterocycles. The van der Waals surface area contributed by atoms with Crippen molar-refractivity contribution in [2.24, 2.45) is 46.3 Å². The predicted octanol–water partition coefficient (Wildman–Crippen LogP) is 5.38. The van der Waals surface area contributed by atoms with Crippen molar-refractivity contribution in [1.29, 1.82) is 0 Å². The van der Waals surface area contributed by atoms with Gasteiger partial charge >= 0.3 is 0 Å². The van der Waals surface area contributed by atoms with Crippen LogP contribution in [-0.4, -0.2) is 18.2 Å². The summed E-state index contributed by atoms with van der Waals surface area (Å²) in [6.07, 6.45) is 17.6. The highest BCUT2D eigenvalue weighted by atomic mass is 16.1. The van der Waals surface area contributed by atoms with E-state index in [4.69, 9.17) is 6.42 Å². The van der Waals surface area contributed by atoms with Gasteiger partial charge in [-0.2, -0.15) is 0 Å². The van der Waals surface area contributed by atoms with Crippen molar-refractivity contribution in [3.8, 4) is 12.3 Å². The molecule has 4 aliphatic carbocycles. The maximum atomic E-state index is 12.1. The average molecular weight is 412 g/mol. The van der Waals surface area contributed by atoms with Gasteiger partial charge < -0.3 is 5.32 Å². The summed E-state index contributed by atoms with van der Waals surface area (Å²) < 4.78 is 0. The number of Topliss-reactive ketones (excluding diaryl/α,β-unsaturated/α-hetero) is 1. The first-order valence-corrected chi connectivity index (χ1v) is 12.5. The molecule has 0 saturated heterocycles. The van der Waals surface area contributed by atoms with E-state index in [-0.39, 0.29) is 5.91 Å². The highest BCUT2D eigenvalue weighted by molar-refractivity contribution is 5.79. The Labute approximate surface area is 183 Å². The Kier molecular flexibility index (Phi) is 6.08. The molecule has 0 aliphatic heterocycles. The van der Waals surface area contributed by atoms with E-state index in [0.717, 1.165) is 49.4 Å². The van der Waals surface area contributed by atoms with Crippen LogP contribution in [0.3, 0.4) is 0 Å². The van der Waals surface area contributed by atoms with Crippen LogP contribution in [-0.2, 0) is 9.59 Å². The van der Waals surface area contributed by atoms with Crippen LogP contribution in [0.5, 0.6) is 0 Å². The molecule has 166 valence electrons.